The van der Waals surface area contributed by atoms with E-state index in [0.717, 1.165) is 12.1 Å². The molecule has 1 aromatic heterocycles. The molecule has 0 spiro atoms. The molecule has 0 radical (unpaired) electrons. The van der Waals surface area contributed by atoms with Gasteiger partial charge in [-0.1, -0.05) is 23.4 Å². The Morgan fingerprint density at radius 2 is 1.73 bits per heavy atom. The lowest BCUT2D eigenvalue weighted by atomic mass is 10.1. The second-order valence-electron chi connectivity index (χ2n) is 4.37. The summed E-state index contributed by atoms with van der Waals surface area (Å²) in [6, 6.07) is 9.33. The highest BCUT2D eigenvalue weighted by atomic mass is 19.1. The molecule has 1 heterocycles. The van der Waals surface area contributed by atoms with E-state index in [0.29, 0.717) is 0 Å². The van der Waals surface area contributed by atoms with Crippen molar-refractivity contribution in [3.63, 3.8) is 0 Å². The average Bonchev–Trinajstić information content (AvgIpc) is 2.96. The largest absolute Gasteiger partial charge is 0.478 e. The van der Waals surface area contributed by atoms with Gasteiger partial charge in [-0.15, -0.1) is 0 Å². The standard InChI is InChI=1S/C15H8F2N2O3/c16-10-6-3-7-11(17)12(10)13-18-14(22-19-13)8-4-1-2-5-9(8)15(20)21/h1-7H,(H,20,21). The number of aromatic nitrogens is 2. The van der Waals surface area contributed by atoms with Crippen molar-refractivity contribution >= 4 is 5.97 Å². The molecule has 5 nitrogen and oxygen atoms in total. The van der Waals surface area contributed by atoms with Crippen LogP contribution in [0.3, 0.4) is 0 Å². The Morgan fingerprint density at radius 3 is 2.41 bits per heavy atom. The maximum atomic E-state index is 13.7. The molecule has 0 amide bonds. The summed E-state index contributed by atoms with van der Waals surface area (Å²) in [7, 11) is 0. The Balaban J connectivity index is 2.11. The molecular formula is C15H8F2N2O3. The number of carboxylic acids is 1. The van der Waals surface area contributed by atoms with E-state index in [1.807, 2.05) is 0 Å². The van der Waals surface area contributed by atoms with Crippen LogP contribution in [0.5, 0.6) is 0 Å². The van der Waals surface area contributed by atoms with Crippen LogP contribution >= 0.6 is 0 Å². The van der Waals surface area contributed by atoms with Crippen LogP contribution in [0.15, 0.2) is 47.0 Å². The van der Waals surface area contributed by atoms with Crippen LogP contribution in [0.1, 0.15) is 10.4 Å². The highest BCUT2D eigenvalue weighted by molar-refractivity contribution is 5.94. The van der Waals surface area contributed by atoms with Crippen molar-refractivity contribution in [2.45, 2.75) is 0 Å². The Bertz CT molecular complexity index is 841. The molecule has 0 atom stereocenters. The average molecular weight is 302 g/mol. The lowest BCUT2D eigenvalue weighted by molar-refractivity contribution is 0.0697. The second-order valence-corrected chi connectivity index (χ2v) is 4.37. The van der Waals surface area contributed by atoms with Gasteiger partial charge in [-0.3, -0.25) is 0 Å². The van der Waals surface area contributed by atoms with Crippen molar-refractivity contribution in [2.24, 2.45) is 0 Å². The van der Waals surface area contributed by atoms with E-state index in [1.54, 1.807) is 12.1 Å². The smallest absolute Gasteiger partial charge is 0.336 e. The summed E-state index contributed by atoms with van der Waals surface area (Å²) in [5.74, 6) is -3.26. The zero-order valence-corrected chi connectivity index (χ0v) is 11.0. The van der Waals surface area contributed by atoms with E-state index in [-0.39, 0.29) is 22.8 Å². The van der Waals surface area contributed by atoms with Crippen molar-refractivity contribution in [3.8, 4) is 22.8 Å². The molecule has 2 aromatic carbocycles. The third-order valence-electron chi connectivity index (χ3n) is 3.00. The fourth-order valence-electron chi connectivity index (χ4n) is 2.00. The van der Waals surface area contributed by atoms with Gasteiger partial charge >= 0.3 is 5.97 Å². The molecule has 0 unspecified atom stereocenters. The number of halogens is 2. The van der Waals surface area contributed by atoms with Gasteiger partial charge in [0.2, 0.25) is 5.82 Å². The molecular weight excluding hydrogens is 294 g/mol. The van der Waals surface area contributed by atoms with E-state index >= 15 is 0 Å². The van der Waals surface area contributed by atoms with Gasteiger partial charge in [-0.25, -0.2) is 13.6 Å². The van der Waals surface area contributed by atoms with Gasteiger partial charge in [0.25, 0.3) is 5.89 Å². The molecule has 0 saturated carbocycles. The molecule has 110 valence electrons. The number of carboxylic acid groups (broad SMARTS) is 1. The predicted octanol–water partition coefficient (Wildman–Crippen LogP) is 3.38. The zero-order valence-electron chi connectivity index (χ0n) is 11.0. The Morgan fingerprint density at radius 1 is 1.05 bits per heavy atom. The highest BCUT2D eigenvalue weighted by Crippen LogP contribution is 2.27. The monoisotopic (exact) mass is 302 g/mol. The van der Waals surface area contributed by atoms with Gasteiger partial charge in [0.15, 0.2) is 0 Å². The van der Waals surface area contributed by atoms with Gasteiger partial charge in [0.05, 0.1) is 16.7 Å². The molecule has 0 aliphatic rings. The zero-order chi connectivity index (χ0) is 15.7. The lowest BCUT2D eigenvalue weighted by Gasteiger charge is -2.00. The Kier molecular flexibility index (Phi) is 3.38. The molecule has 3 rings (SSSR count). The summed E-state index contributed by atoms with van der Waals surface area (Å²) in [4.78, 5) is 15.1. The summed E-state index contributed by atoms with van der Waals surface area (Å²) in [5.41, 5.74) is -0.303. The third kappa shape index (κ3) is 2.32. The SMILES string of the molecule is O=C(O)c1ccccc1-c1nc(-c2c(F)cccc2F)no1. The minimum absolute atomic E-state index is 0.0493. The van der Waals surface area contributed by atoms with Crippen molar-refractivity contribution < 1.29 is 23.2 Å². The van der Waals surface area contributed by atoms with Gasteiger partial charge in [-0.05, 0) is 24.3 Å². The number of hydrogen-bond acceptors (Lipinski definition) is 4. The summed E-state index contributed by atoms with van der Waals surface area (Å²) in [6.07, 6.45) is 0. The topological polar surface area (TPSA) is 76.2 Å². The molecule has 3 aromatic rings. The normalized spacial score (nSPS) is 10.6. The molecule has 7 heteroatoms. The number of carbonyl (C=O) groups is 1. The molecule has 0 bridgehead atoms. The van der Waals surface area contributed by atoms with Gasteiger partial charge < -0.3 is 9.63 Å². The van der Waals surface area contributed by atoms with Crippen molar-refractivity contribution in [1.29, 1.82) is 0 Å². The van der Waals surface area contributed by atoms with Crippen molar-refractivity contribution in [2.75, 3.05) is 0 Å². The minimum Gasteiger partial charge on any atom is -0.478 e. The van der Waals surface area contributed by atoms with Crippen LogP contribution in [-0.2, 0) is 0 Å². The van der Waals surface area contributed by atoms with Crippen LogP contribution in [0.2, 0.25) is 0 Å². The fourth-order valence-corrected chi connectivity index (χ4v) is 2.00. The first-order chi connectivity index (χ1) is 10.6. The number of rotatable bonds is 3. The summed E-state index contributed by atoms with van der Waals surface area (Å²) >= 11 is 0. The van der Waals surface area contributed by atoms with Crippen LogP contribution in [-0.4, -0.2) is 21.2 Å². The molecule has 0 aliphatic heterocycles. The van der Waals surface area contributed by atoms with E-state index in [4.69, 9.17) is 9.63 Å². The Labute approximate surface area is 122 Å². The minimum atomic E-state index is -1.17. The number of benzene rings is 2. The molecule has 22 heavy (non-hydrogen) atoms. The van der Waals surface area contributed by atoms with Crippen LogP contribution in [0.25, 0.3) is 22.8 Å². The first-order valence-electron chi connectivity index (χ1n) is 6.18. The molecule has 0 fully saturated rings. The van der Waals surface area contributed by atoms with E-state index in [2.05, 4.69) is 10.1 Å². The summed E-state index contributed by atoms with van der Waals surface area (Å²) in [5, 5.41) is 12.7. The van der Waals surface area contributed by atoms with Crippen molar-refractivity contribution in [3.05, 3.63) is 59.7 Å². The quantitative estimate of drug-likeness (QED) is 0.802. The Hall–Kier alpha value is -3.09. The van der Waals surface area contributed by atoms with Gasteiger partial charge in [0, 0.05) is 0 Å². The number of hydrogen-bond donors (Lipinski definition) is 1. The maximum Gasteiger partial charge on any atom is 0.336 e. The number of nitrogens with zero attached hydrogens (tertiary/aromatic N) is 2. The molecule has 0 saturated heterocycles. The van der Waals surface area contributed by atoms with Gasteiger partial charge in [-0.2, -0.15) is 4.98 Å². The van der Waals surface area contributed by atoms with Crippen LogP contribution < -0.4 is 0 Å². The fraction of sp³-hybridized carbons (Fsp3) is 0. The predicted molar refractivity (Wildman–Crippen MR) is 72.0 cm³/mol. The first kappa shape index (κ1) is 13.9. The van der Waals surface area contributed by atoms with Crippen LogP contribution in [0.4, 0.5) is 8.78 Å². The van der Waals surface area contributed by atoms with Crippen LogP contribution in [0, 0.1) is 11.6 Å². The van der Waals surface area contributed by atoms with E-state index in [9.17, 15) is 13.6 Å². The molecule has 0 aliphatic carbocycles. The lowest BCUT2D eigenvalue weighted by Crippen LogP contribution is -1.99. The van der Waals surface area contributed by atoms with Gasteiger partial charge in [0.1, 0.15) is 11.6 Å². The second kappa shape index (κ2) is 5.36. The maximum absolute atomic E-state index is 13.7. The molecule has 1 N–H and O–H groups in total. The van der Waals surface area contributed by atoms with E-state index < -0.39 is 23.2 Å². The first-order valence-corrected chi connectivity index (χ1v) is 6.18. The summed E-state index contributed by atoms with van der Waals surface area (Å²) < 4.78 is 32.3. The highest BCUT2D eigenvalue weighted by Gasteiger charge is 2.20. The number of aromatic carboxylic acids is 1. The van der Waals surface area contributed by atoms with Crippen molar-refractivity contribution in [1.82, 2.24) is 10.1 Å². The third-order valence-corrected chi connectivity index (χ3v) is 3.00. The summed E-state index contributed by atoms with van der Waals surface area (Å²) in [6.45, 7) is 0. The van der Waals surface area contributed by atoms with E-state index in [1.165, 1.54) is 18.2 Å².